The smallest absolute Gasteiger partial charge is 0.131 e. The maximum Gasteiger partial charge on any atom is 0.131 e. The molecule has 39 heavy (non-hydrogen) atoms. The Morgan fingerprint density at radius 2 is 0.718 bits per heavy atom. The fraction of sp³-hybridized carbons (Fsp3) is 0. The molecular formula is C38H19F. The zero-order chi connectivity index (χ0) is 25.4. The maximum absolute atomic E-state index is 14.8. The van der Waals surface area contributed by atoms with Gasteiger partial charge in [0.05, 0.1) is 0 Å². The van der Waals surface area contributed by atoms with Crippen LogP contribution in [0.15, 0.2) is 115 Å². The summed E-state index contributed by atoms with van der Waals surface area (Å²) in [6.07, 6.45) is 0. The minimum atomic E-state index is -0.161. The molecule has 9 aromatic rings. The van der Waals surface area contributed by atoms with Gasteiger partial charge in [-0.1, -0.05) is 97.1 Å². The van der Waals surface area contributed by atoms with Crippen molar-refractivity contribution >= 4 is 75.4 Å². The second-order valence-corrected chi connectivity index (χ2v) is 10.9. The first kappa shape index (κ1) is 20.0. The molecule has 0 saturated carbocycles. The van der Waals surface area contributed by atoms with Crippen molar-refractivity contribution in [1.29, 1.82) is 0 Å². The van der Waals surface area contributed by atoms with Crippen molar-refractivity contribution in [3.63, 3.8) is 0 Å². The summed E-state index contributed by atoms with van der Waals surface area (Å²) in [6, 6.07) is 41.1. The van der Waals surface area contributed by atoms with Crippen LogP contribution in [0.2, 0.25) is 0 Å². The van der Waals surface area contributed by atoms with Gasteiger partial charge in [-0.2, -0.15) is 0 Å². The highest BCUT2D eigenvalue weighted by atomic mass is 19.1. The highest BCUT2D eigenvalue weighted by molar-refractivity contribution is 6.38. The monoisotopic (exact) mass is 494 g/mol. The van der Waals surface area contributed by atoms with Gasteiger partial charge in [-0.15, -0.1) is 0 Å². The topological polar surface area (TPSA) is 0 Å². The summed E-state index contributed by atoms with van der Waals surface area (Å²) in [5.74, 6) is -0.161. The summed E-state index contributed by atoms with van der Waals surface area (Å²) in [5.41, 5.74) is 5.17. The van der Waals surface area contributed by atoms with Crippen LogP contribution in [0.3, 0.4) is 0 Å². The van der Waals surface area contributed by atoms with Crippen molar-refractivity contribution in [3.05, 3.63) is 121 Å². The molecule has 0 spiro atoms. The van der Waals surface area contributed by atoms with Gasteiger partial charge in [0.2, 0.25) is 0 Å². The molecule has 0 amide bonds. The van der Waals surface area contributed by atoms with Crippen LogP contribution in [0.1, 0.15) is 0 Å². The molecule has 0 aromatic heterocycles. The van der Waals surface area contributed by atoms with E-state index in [1.165, 1.54) is 76.1 Å². The molecule has 0 atom stereocenters. The van der Waals surface area contributed by atoms with Gasteiger partial charge in [0, 0.05) is 10.8 Å². The normalized spacial score (nSPS) is 12.7. The number of fused-ring (bicyclic) bond motifs is 11. The van der Waals surface area contributed by atoms with Gasteiger partial charge < -0.3 is 0 Å². The lowest BCUT2D eigenvalue weighted by Gasteiger charge is -2.15. The molecule has 0 heterocycles. The standard InChI is InChI=1S/C38H19F/c39-35-17-16-25-27-13-15-29-34-19-32-23-9-4-2-7-21(23)20-6-1-3-8-22(20)31(32)18-33(34)28-14-12-26(37(27)38(28)29)24-10-5-11-30(35)36(24)25/h1-19H. The lowest BCUT2D eigenvalue weighted by molar-refractivity contribution is 0.640. The molecule has 10 rings (SSSR count). The summed E-state index contributed by atoms with van der Waals surface area (Å²) in [4.78, 5) is 0. The van der Waals surface area contributed by atoms with Gasteiger partial charge in [0.15, 0.2) is 0 Å². The zero-order valence-corrected chi connectivity index (χ0v) is 20.8. The van der Waals surface area contributed by atoms with Crippen LogP contribution in [0.25, 0.3) is 97.7 Å². The summed E-state index contributed by atoms with van der Waals surface area (Å²) in [5, 5.41) is 16.7. The molecule has 0 unspecified atom stereocenters. The molecule has 0 bridgehead atoms. The van der Waals surface area contributed by atoms with E-state index in [1.807, 2.05) is 18.2 Å². The quantitative estimate of drug-likeness (QED) is 0.145. The largest absolute Gasteiger partial charge is 0.206 e. The van der Waals surface area contributed by atoms with Crippen LogP contribution in [0, 0.1) is 5.82 Å². The average Bonchev–Trinajstić information content (AvgIpc) is 3.31. The summed E-state index contributed by atoms with van der Waals surface area (Å²) in [7, 11) is 0. The predicted octanol–water partition coefficient (Wildman–Crippen LogP) is 11.0. The second kappa shape index (κ2) is 6.70. The van der Waals surface area contributed by atoms with E-state index in [1.54, 1.807) is 6.07 Å². The van der Waals surface area contributed by atoms with E-state index < -0.39 is 0 Å². The molecule has 178 valence electrons. The minimum Gasteiger partial charge on any atom is -0.206 e. The van der Waals surface area contributed by atoms with Crippen LogP contribution >= 0.6 is 0 Å². The minimum absolute atomic E-state index is 0.161. The Hall–Kier alpha value is -5.01. The van der Waals surface area contributed by atoms with E-state index >= 15 is 0 Å². The van der Waals surface area contributed by atoms with Crippen molar-refractivity contribution in [2.24, 2.45) is 0 Å². The van der Waals surface area contributed by atoms with Crippen molar-refractivity contribution in [3.8, 4) is 22.3 Å². The Balaban J connectivity index is 1.42. The number of halogens is 1. The number of rotatable bonds is 0. The number of benzene rings is 9. The second-order valence-electron chi connectivity index (χ2n) is 10.9. The van der Waals surface area contributed by atoms with Gasteiger partial charge in [0.1, 0.15) is 5.82 Å². The molecular weight excluding hydrogens is 475 g/mol. The SMILES string of the molecule is Fc1ccc2c3ccc4c5c(ccc(c6cccc1c62)c53)-c1cc2c3ccccc3c3ccccc3c2cc1-4. The predicted molar refractivity (Wildman–Crippen MR) is 165 cm³/mol. The highest BCUT2D eigenvalue weighted by Crippen LogP contribution is 2.54. The van der Waals surface area contributed by atoms with E-state index in [2.05, 4.69) is 91.0 Å². The molecule has 1 aliphatic rings. The van der Waals surface area contributed by atoms with E-state index in [-0.39, 0.29) is 5.82 Å². The third kappa shape index (κ3) is 2.28. The maximum atomic E-state index is 14.8. The first-order valence-electron chi connectivity index (χ1n) is 13.5. The summed E-state index contributed by atoms with van der Waals surface area (Å²) >= 11 is 0. The third-order valence-electron chi connectivity index (χ3n) is 9.19. The Kier molecular flexibility index (Phi) is 3.44. The van der Waals surface area contributed by atoms with Crippen LogP contribution in [-0.4, -0.2) is 0 Å². The molecule has 1 heteroatoms. The zero-order valence-electron chi connectivity index (χ0n) is 20.8. The molecule has 0 radical (unpaired) electrons. The lowest BCUT2D eigenvalue weighted by atomic mass is 9.88. The van der Waals surface area contributed by atoms with E-state index in [4.69, 9.17) is 0 Å². The average molecular weight is 495 g/mol. The first-order chi connectivity index (χ1) is 19.3. The van der Waals surface area contributed by atoms with E-state index in [0.29, 0.717) is 5.39 Å². The molecule has 0 N–H and O–H groups in total. The van der Waals surface area contributed by atoms with Crippen LogP contribution in [-0.2, 0) is 0 Å². The van der Waals surface area contributed by atoms with Crippen LogP contribution in [0.4, 0.5) is 4.39 Å². The fourth-order valence-corrected chi connectivity index (χ4v) is 7.61. The fourth-order valence-electron chi connectivity index (χ4n) is 7.61. The molecule has 9 aromatic carbocycles. The molecule has 0 nitrogen and oxygen atoms in total. The van der Waals surface area contributed by atoms with Crippen molar-refractivity contribution in [2.45, 2.75) is 0 Å². The van der Waals surface area contributed by atoms with Gasteiger partial charge in [-0.05, 0) is 105 Å². The Labute approximate surface area is 222 Å². The molecule has 0 saturated heterocycles. The molecule has 0 fully saturated rings. The summed E-state index contributed by atoms with van der Waals surface area (Å²) < 4.78 is 14.8. The molecule has 0 aliphatic heterocycles. The highest BCUT2D eigenvalue weighted by Gasteiger charge is 2.26. The third-order valence-corrected chi connectivity index (χ3v) is 9.19. The van der Waals surface area contributed by atoms with E-state index in [0.717, 1.165) is 16.2 Å². The summed E-state index contributed by atoms with van der Waals surface area (Å²) in [6.45, 7) is 0. The molecule has 1 aliphatic carbocycles. The van der Waals surface area contributed by atoms with E-state index in [9.17, 15) is 4.39 Å². The lowest BCUT2D eigenvalue weighted by Crippen LogP contribution is -1.89. The number of hydrogen-bond acceptors (Lipinski definition) is 0. The first-order valence-corrected chi connectivity index (χ1v) is 13.5. The Bertz CT molecular complexity index is 2420. The van der Waals surface area contributed by atoms with Gasteiger partial charge in [0.25, 0.3) is 0 Å². The van der Waals surface area contributed by atoms with Gasteiger partial charge >= 0.3 is 0 Å². The number of hydrogen-bond donors (Lipinski definition) is 0. The van der Waals surface area contributed by atoms with Crippen molar-refractivity contribution in [1.82, 2.24) is 0 Å². The Morgan fingerprint density at radius 3 is 1.31 bits per heavy atom. The van der Waals surface area contributed by atoms with Gasteiger partial charge in [-0.3, -0.25) is 0 Å². The van der Waals surface area contributed by atoms with Crippen LogP contribution < -0.4 is 0 Å². The van der Waals surface area contributed by atoms with Crippen molar-refractivity contribution in [2.75, 3.05) is 0 Å². The van der Waals surface area contributed by atoms with Crippen molar-refractivity contribution < 1.29 is 4.39 Å². The Morgan fingerprint density at radius 1 is 0.282 bits per heavy atom. The van der Waals surface area contributed by atoms with Crippen LogP contribution in [0.5, 0.6) is 0 Å². The van der Waals surface area contributed by atoms with Gasteiger partial charge in [-0.25, -0.2) is 4.39 Å².